The highest BCUT2D eigenvalue weighted by Crippen LogP contribution is 2.22. The summed E-state index contributed by atoms with van der Waals surface area (Å²) < 4.78 is 30.9. The molecule has 3 amide bonds. The first-order valence-corrected chi connectivity index (χ1v) is 9.71. The molecule has 0 unspecified atom stereocenters. The maximum atomic E-state index is 11.9. The second-order valence-corrected chi connectivity index (χ2v) is 7.20. The van der Waals surface area contributed by atoms with Gasteiger partial charge in [-0.15, -0.1) is 0 Å². The molecule has 1 aromatic carbocycles. The second kappa shape index (κ2) is 9.12. The van der Waals surface area contributed by atoms with Crippen molar-refractivity contribution in [3.8, 4) is 0 Å². The number of carbonyl (C=O) groups is 3. The minimum atomic E-state index is -3.63. The highest BCUT2D eigenvalue weighted by atomic mass is 32.2. The van der Waals surface area contributed by atoms with Crippen LogP contribution >= 0.6 is 0 Å². The minimum Gasteiger partial charge on any atom is -0.456 e. The lowest BCUT2D eigenvalue weighted by Crippen LogP contribution is -2.41. The molecule has 0 bridgehead atoms. The normalized spacial score (nSPS) is 15.5. The van der Waals surface area contributed by atoms with Crippen LogP contribution in [0.25, 0.3) is 0 Å². The number of carbonyl (C=O) groups excluding carboxylic acids is 3. The van der Waals surface area contributed by atoms with Gasteiger partial charge in [-0.2, -0.15) is 0 Å². The van der Waals surface area contributed by atoms with Gasteiger partial charge in [-0.05, 0) is 18.6 Å². The lowest BCUT2D eigenvalue weighted by molar-refractivity contribution is -0.148. The smallest absolute Gasteiger partial charge is 0.321 e. The van der Waals surface area contributed by atoms with E-state index >= 15 is 0 Å². The van der Waals surface area contributed by atoms with Crippen molar-refractivity contribution >= 4 is 33.8 Å². The average Bonchev–Trinajstić information content (AvgIpc) is 2.89. The maximum Gasteiger partial charge on any atom is 0.321 e. The molecule has 0 saturated carbocycles. The Labute approximate surface area is 156 Å². The molecule has 1 heterocycles. The molecule has 0 aromatic heterocycles. The molecule has 146 valence electrons. The molecule has 2 rings (SSSR count). The molecule has 27 heavy (non-hydrogen) atoms. The van der Waals surface area contributed by atoms with E-state index in [1.54, 1.807) is 18.2 Å². The lowest BCUT2D eigenvalue weighted by atomic mass is 10.2. The molecule has 0 saturated heterocycles. The van der Waals surface area contributed by atoms with Crippen molar-refractivity contribution in [2.75, 3.05) is 19.7 Å². The third-order valence-corrected chi connectivity index (χ3v) is 4.80. The molecule has 0 spiro atoms. The van der Waals surface area contributed by atoms with Gasteiger partial charge in [-0.25, -0.2) is 13.2 Å². The molecule has 0 fully saturated rings. The Morgan fingerprint density at radius 2 is 1.96 bits per heavy atom. The molecule has 0 aliphatic carbocycles. The fourth-order valence-corrected chi connectivity index (χ4v) is 3.42. The van der Waals surface area contributed by atoms with Crippen molar-refractivity contribution in [3.05, 3.63) is 29.8 Å². The topological polar surface area (TPSA) is 143 Å². The zero-order chi connectivity index (χ0) is 19.9. The predicted molar refractivity (Wildman–Crippen MR) is 95.6 cm³/mol. The first-order chi connectivity index (χ1) is 12.8. The largest absolute Gasteiger partial charge is 0.456 e. The van der Waals surface area contributed by atoms with E-state index in [1.807, 2.05) is 12.2 Å². The number of esters is 1. The summed E-state index contributed by atoms with van der Waals surface area (Å²) in [6.45, 7) is 1.67. The van der Waals surface area contributed by atoms with Gasteiger partial charge in [-0.3, -0.25) is 24.6 Å². The van der Waals surface area contributed by atoms with E-state index in [0.717, 1.165) is 6.42 Å². The van der Waals surface area contributed by atoms with Crippen molar-refractivity contribution in [1.82, 2.24) is 15.4 Å². The Hall–Kier alpha value is -2.95. The number of benzene rings is 1. The van der Waals surface area contributed by atoms with Gasteiger partial charge in [0.25, 0.3) is 15.9 Å². The van der Waals surface area contributed by atoms with Crippen LogP contribution in [0.1, 0.15) is 25.3 Å². The third-order valence-electron chi connectivity index (χ3n) is 3.40. The summed E-state index contributed by atoms with van der Waals surface area (Å²) in [5, 5.41) is 4.47. The van der Waals surface area contributed by atoms with Crippen LogP contribution in [0.2, 0.25) is 0 Å². The van der Waals surface area contributed by atoms with E-state index < -0.39 is 34.5 Å². The summed E-state index contributed by atoms with van der Waals surface area (Å²) >= 11 is 0. The summed E-state index contributed by atoms with van der Waals surface area (Å²) in [6, 6.07) is 5.70. The number of hydrogen-bond donors (Lipinski definition) is 3. The van der Waals surface area contributed by atoms with Crippen LogP contribution in [-0.2, 0) is 24.3 Å². The molecule has 0 radical (unpaired) electrons. The van der Waals surface area contributed by atoms with Crippen molar-refractivity contribution in [2.45, 2.75) is 24.7 Å². The third kappa shape index (κ3) is 5.78. The van der Waals surface area contributed by atoms with Crippen LogP contribution in [0.3, 0.4) is 0 Å². The van der Waals surface area contributed by atoms with Crippen molar-refractivity contribution in [3.63, 3.8) is 0 Å². The van der Waals surface area contributed by atoms with Crippen LogP contribution in [0.4, 0.5) is 4.79 Å². The molecule has 11 heteroatoms. The Balaban J connectivity index is 1.78. The predicted octanol–water partition coefficient (Wildman–Crippen LogP) is -0.106. The number of nitrogens with one attached hydrogen (secondary N) is 3. The van der Waals surface area contributed by atoms with Crippen LogP contribution in [0.15, 0.2) is 34.2 Å². The van der Waals surface area contributed by atoms with Gasteiger partial charge in [0.05, 0.1) is 17.9 Å². The molecule has 0 atom stereocenters. The lowest BCUT2D eigenvalue weighted by Gasteiger charge is -2.06. The van der Waals surface area contributed by atoms with Crippen LogP contribution in [0.5, 0.6) is 0 Å². The van der Waals surface area contributed by atoms with Crippen LogP contribution in [0, 0.1) is 0 Å². The quantitative estimate of drug-likeness (QED) is 0.549. The van der Waals surface area contributed by atoms with Crippen molar-refractivity contribution in [2.24, 2.45) is 4.99 Å². The van der Waals surface area contributed by atoms with Crippen molar-refractivity contribution < 1.29 is 27.5 Å². The molecule has 1 aromatic rings. The van der Waals surface area contributed by atoms with Gasteiger partial charge in [0, 0.05) is 12.1 Å². The minimum absolute atomic E-state index is 0.0242. The highest BCUT2D eigenvalue weighted by Gasteiger charge is 2.29. The van der Waals surface area contributed by atoms with E-state index in [1.165, 1.54) is 6.07 Å². The average molecular weight is 396 g/mol. The molecule has 3 N–H and O–H groups in total. The molecule has 1 aliphatic rings. The number of amides is 3. The molecule has 10 nitrogen and oxygen atoms in total. The first kappa shape index (κ1) is 20.4. The van der Waals surface area contributed by atoms with Gasteiger partial charge in [0.15, 0.2) is 6.61 Å². The SMILES string of the molecule is CCCNC(=O)NC(=O)COC(=O)CCN=C1NS(=O)(=O)c2ccccc21. The van der Waals surface area contributed by atoms with Gasteiger partial charge in [0.1, 0.15) is 5.84 Å². The van der Waals surface area contributed by atoms with E-state index in [0.29, 0.717) is 12.1 Å². The van der Waals surface area contributed by atoms with Gasteiger partial charge in [0.2, 0.25) is 0 Å². The van der Waals surface area contributed by atoms with Crippen molar-refractivity contribution in [1.29, 1.82) is 0 Å². The van der Waals surface area contributed by atoms with E-state index in [4.69, 9.17) is 4.74 Å². The summed E-state index contributed by atoms with van der Waals surface area (Å²) in [5.74, 6) is -1.29. The van der Waals surface area contributed by atoms with Gasteiger partial charge >= 0.3 is 12.0 Å². The molecular formula is C16H20N4O6S. The Morgan fingerprint density at radius 1 is 1.22 bits per heavy atom. The summed E-state index contributed by atoms with van der Waals surface area (Å²) in [7, 11) is -3.63. The summed E-state index contributed by atoms with van der Waals surface area (Å²) in [5.41, 5.74) is 0.434. The number of fused-ring (bicyclic) bond motifs is 1. The summed E-state index contributed by atoms with van der Waals surface area (Å²) in [6.07, 6.45) is 0.572. The van der Waals surface area contributed by atoms with E-state index in [-0.39, 0.29) is 23.7 Å². The highest BCUT2D eigenvalue weighted by molar-refractivity contribution is 7.90. The number of rotatable bonds is 7. The van der Waals surface area contributed by atoms with Crippen LogP contribution < -0.4 is 15.4 Å². The fourth-order valence-electron chi connectivity index (χ4n) is 2.17. The fraction of sp³-hybridized carbons (Fsp3) is 0.375. The number of hydrogen-bond acceptors (Lipinski definition) is 7. The Bertz CT molecular complexity index is 865. The van der Waals surface area contributed by atoms with E-state index in [2.05, 4.69) is 15.0 Å². The number of sulfonamides is 1. The molecular weight excluding hydrogens is 376 g/mol. The van der Waals surface area contributed by atoms with E-state index in [9.17, 15) is 22.8 Å². The first-order valence-electron chi connectivity index (χ1n) is 8.23. The maximum absolute atomic E-state index is 11.9. The number of nitrogens with zero attached hydrogens (tertiary/aromatic N) is 1. The molecule has 1 aliphatic heterocycles. The number of aliphatic imine (C=N–C) groups is 1. The number of imide groups is 1. The van der Waals surface area contributed by atoms with Crippen LogP contribution in [-0.4, -0.2) is 51.9 Å². The number of ether oxygens (including phenoxy) is 1. The Morgan fingerprint density at radius 3 is 2.70 bits per heavy atom. The zero-order valence-electron chi connectivity index (χ0n) is 14.6. The van der Waals surface area contributed by atoms with Gasteiger partial charge in [-0.1, -0.05) is 19.1 Å². The second-order valence-electron chi connectivity index (χ2n) is 5.55. The zero-order valence-corrected chi connectivity index (χ0v) is 15.5. The summed E-state index contributed by atoms with van der Waals surface area (Å²) in [4.78, 5) is 38.6. The van der Waals surface area contributed by atoms with Gasteiger partial charge < -0.3 is 10.1 Å². The number of amidine groups is 1. The Kier molecular flexibility index (Phi) is 6.88. The number of urea groups is 1. The monoisotopic (exact) mass is 396 g/mol. The standard InChI is InChI=1S/C16H20N4O6S/c1-2-8-18-16(23)19-13(21)10-26-14(22)7-9-17-15-11-5-3-4-6-12(11)27(24,25)20-15/h3-6H,2,7-10H2,1H3,(H,17,20)(H2,18,19,21,23).